The Labute approximate surface area is 466 Å². The van der Waals surface area contributed by atoms with Crippen LogP contribution >= 0.6 is 23.2 Å². The van der Waals surface area contributed by atoms with Crippen molar-refractivity contribution < 1.29 is 38.5 Å². The van der Waals surface area contributed by atoms with Crippen molar-refractivity contribution in [1.82, 2.24) is 40.1 Å². The molecule has 17 nitrogen and oxygen atoms in total. The van der Waals surface area contributed by atoms with Crippen LogP contribution in [-0.2, 0) is 19.1 Å². The lowest BCUT2D eigenvalue weighted by Crippen LogP contribution is -2.43. The van der Waals surface area contributed by atoms with Crippen LogP contribution in [0.25, 0.3) is 44.3 Å². The zero-order valence-electron chi connectivity index (χ0n) is 44.8. The number of nitrogens with one attached hydrogen (secondary N) is 7. The van der Waals surface area contributed by atoms with Crippen LogP contribution in [0, 0.1) is 11.8 Å². The number of piperidine rings is 2. The van der Waals surface area contributed by atoms with Gasteiger partial charge in [-0.3, -0.25) is 14.4 Å². The first-order valence-electron chi connectivity index (χ1n) is 26.1. The van der Waals surface area contributed by atoms with Crippen molar-refractivity contribution in [2.24, 2.45) is 11.8 Å². The number of ether oxygens (including phenoxy) is 1. The number of carbonyl (C=O) groups is 4. The third-order valence-electron chi connectivity index (χ3n) is 12.3. The van der Waals surface area contributed by atoms with Gasteiger partial charge in [0.05, 0.1) is 33.8 Å². The predicted molar refractivity (Wildman–Crippen MR) is 305 cm³/mol. The number of alkyl halides is 3. The van der Waals surface area contributed by atoms with E-state index in [0.717, 1.165) is 75.9 Å². The zero-order chi connectivity index (χ0) is 57.4. The van der Waals surface area contributed by atoms with Gasteiger partial charge in [-0.05, 0) is 108 Å². The molecule has 414 valence electrons. The highest BCUT2D eigenvalue weighted by atomic mass is 35.5. The molecule has 2 aliphatic rings. The van der Waals surface area contributed by atoms with Crippen LogP contribution in [0.15, 0.2) is 122 Å². The van der Waals surface area contributed by atoms with Crippen LogP contribution in [0.5, 0.6) is 0 Å². The van der Waals surface area contributed by atoms with Gasteiger partial charge in [-0.1, -0.05) is 85.6 Å². The number of H-pyrrole nitrogens is 2. The van der Waals surface area contributed by atoms with Crippen molar-refractivity contribution >= 4 is 104 Å². The Morgan fingerprint density at radius 2 is 1.10 bits per heavy atom. The normalized spacial score (nSPS) is 14.0. The molecule has 2 aliphatic heterocycles. The number of para-hydroxylation sites is 2. The Kier molecular flexibility index (Phi) is 19.5. The van der Waals surface area contributed by atoms with E-state index in [2.05, 4.69) is 56.5 Å². The van der Waals surface area contributed by atoms with Crippen LogP contribution in [0.4, 0.5) is 52.6 Å². The van der Waals surface area contributed by atoms with Crippen molar-refractivity contribution in [2.45, 2.75) is 72.1 Å². The zero-order valence-corrected chi connectivity index (χ0v) is 45.3. The maximum Gasteiger partial charge on any atom is 0.446 e. The van der Waals surface area contributed by atoms with Gasteiger partial charge in [0.25, 0.3) is 0 Å². The molecule has 79 heavy (non-hydrogen) atoms. The highest BCUT2D eigenvalue weighted by molar-refractivity contribution is 6.33. The van der Waals surface area contributed by atoms with Crippen LogP contribution < -0.4 is 26.6 Å². The second kappa shape index (κ2) is 27.0. The summed E-state index contributed by atoms with van der Waals surface area (Å²) in [6, 6.07) is 30.9. The summed E-state index contributed by atoms with van der Waals surface area (Å²) in [6.45, 7) is 10.6. The number of likely N-dealkylation sites (tertiary alicyclic amines) is 1. The van der Waals surface area contributed by atoms with Gasteiger partial charge >= 0.3 is 12.3 Å². The lowest BCUT2D eigenvalue weighted by Gasteiger charge is -2.32. The van der Waals surface area contributed by atoms with Crippen molar-refractivity contribution in [1.29, 1.82) is 0 Å². The highest BCUT2D eigenvalue weighted by Gasteiger charge is 2.30. The number of halogens is 5. The first kappa shape index (κ1) is 57.1. The van der Waals surface area contributed by atoms with E-state index in [1.165, 1.54) is 0 Å². The number of aromatic amines is 2. The molecule has 0 bridgehead atoms. The molecule has 4 aromatic heterocycles. The topological polar surface area (TPSA) is 224 Å². The Bertz CT molecular complexity index is 3400. The van der Waals surface area contributed by atoms with E-state index in [4.69, 9.17) is 34.1 Å². The van der Waals surface area contributed by atoms with Gasteiger partial charge in [-0.2, -0.15) is 13.2 Å². The molecule has 0 spiro atoms. The third kappa shape index (κ3) is 16.5. The molecular formula is C57H61Cl2F3N12O5. The minimum atomic E-state index is -4.64. The molecule has 4 aromatic carbocycles. The second-order valence-corrected chi connectivity index (χ2v) is 19.9. The summed E-state index contributed by atoms with van der Waals surface area (Å²) in [5.74, 6) is 0.674. The number of amides is 3. The number of hydrogen-bond donors (Lipinski definition) is 7. The summed E-state index contributed by atoms with van der Waals surface area (Å²) in [5.41, 5.74) is 7.44. The molecule has 2 fully saturated rings. The lowest BCUT2D eigenvalue weighted by molar-refractivity contribution is -0.156. The van der Waals surface area contributed by atoms with Gasteiger partial charge < -0.3 is 46.2 Å². The molecule has 6 heterocycles. The van der Waals surface area contributed by atoms with E-state index in [1.54, 1.807) is 24.2 Å². The Hall–Kier alpha value is -8.07. The number of benzene rings is 4. The Morgan fingerprint density at radius 3 is 1.53 bits per heavy atom. The van der Waals surface area contributed by atoms with E-state index >= 15 is 0 Å². The summed E-state index contributed by atoms with van der Waals surface area (Å²) in [5, 5.41) is 18.7. The number of hydrogen-bond acceptors (Lipinski definition) is 12. The lowest BCUT2D eigenvalue weighted by atomic mass is 9.96. The number of anilines is 6. The second-order valence-electron chi connectivity index (χ2n) is 19.1. The molecule has 8 aromatic rings. The van der Waals surface area contributed by atoms with Crippen molar-refractivity contribution in [3.8, 4) is 22.5 Å². The fourth-order valence-electron chi connectivity index (χ4n) is 8.60. The molecule has 10 rings (SSSR count). The number of carbonyl (C=O) groups excluding carboxylic acids is 4. The average Bonchev–Trinajstić information content (AvgIpc) is 4.10. The number of aromatic nitrogens is 6. The molecule has 0 unspecified atom stereocenters. The van der Waals surface area contributed by atoms with Crippen molar-refractivity contribution in [2.75, 3.05) is 47.4 Å². The summed E-state index contributed by atoms with van der Waals surface area (Å²) in [4.78, 5) is 72.7. The summed E-state index contributed by atoms with van der Waals surface area (Å²) < 4.78 is 42.9. The SMILES string of the molecule is CC(C)(C)OC(=O)N1CCC(C(=O)Nc2cccc(Nc3ncc(Cl)c(-c4c[nH]c5ccccc45)n3)c2)CC1.O=C(Nc1cccc(Nc2ncc(Cl)c(-c3c[nH]c4ccccc34)n2)c1)C1CCNCC1.O=CC(F)(F)F.[2H]CC. The third-order valence-corrected chi connectivity index (χ3v) is 12.9. The maximum absolute atomic E-state index is 13.0. The van der Waals surface area contributed by atoms with E-state index in [1.807, 2.05) is 130 Å². The Morgan fingerprint density at radius 1 is 0.684 bits per heavy atom. The first-order valence-corrected chi connectivity index (χ1v) is 26.1. The van der Waals surface area contributed by atoms with Crippen molar-refractivity contribution in [3.05, 3.63) is 132 Å². The Balaban J connectivity index is 0.000000203. The fraction of sp³-hybridized carbons (Fsp3) is 0.298. The quantitative estimate of drug-likeness (QED) is 0.0635. The van der Waals surface area contributed by atoms with Gasteiger partial charge in [0.2, 0.25) is 30.0 Å². The first-order chi connectivity index (χ1) is 38.3. The highest BCUT2D eigenvalue weighted by Crippen LogP contribution is 2.35. The van der Waals surface area contributed by atoms with Crippen LogP contribution in [0.1, 0.15) is 61.6 Å². The largest absolute Gasteiger partial charge is 0.446 e. The number of aldehydes is 1. The van der Waals surface area contributed by atoms with Crippen molar-refractivity contribution in [3.63, 3.8) is 0 Å². The van der Waals surface area contributed by atoms with E-state index in [0.29, 0.717) is 71.8 Å². The van der Waals surface area contributed by atoms with Gasteiger partial charge in [0.15, 0.2) is 0 Å². The number of nitrogens with zero attached hydrogens (tertiary/aromatic N) is 5. The maximum atomic E-state index is 13.0. The standard InChI is InChI=1S/C29H31ClN6O3.C24H23ClN6O.C2HF3O.C2H6/c1-29(2,3)39-28(38)36-13-11-18(12-14-36)26(37)33-19-7-6-8-20(15-19)34-27-32-17-23(30)25(35-27)22-16-31-24-10-5-4-9-21(22)24;25-20-14-28-24(31-22(20)19-13-27-21-7-2-1-6-18(19)21)30-17-5-3-4-16(12-17)29-23(32)15-8-10-26-11-9-15;3-2(4,5)1-6;1-2/h4-10,15-18,31H,11-14H2,1-3H3,(H,33,37)(H,32,34,35);1-7,12-15,26-27H,8-11H2,(H,29,32)(H,28,30,31);1H;1-2H3/i;;;1D. The molecule has 0 atom stereocenters. The fourth-order valence-corrected chi connectivity index (χ4v) is 8.98. The van der Waals surface area contributed by atoms with Crippen LogP contribution in [0.2, 0.25) is 10.0 Å². The van der Waals surface area contributed by atoms with E-state index < -0.39 is 18.1 Å². The molecule has 0 radical (unpaired) electrons. The molecule has 22 heteroatoms. The summed E-state index contributed by atoms with van der Waals surface area (Å²) in [7, 11) is 0. The monoisotopic (exact) mass is 1120 g/mol. The van der Waals surface area contributed by atoms with Gasteiger partial charge in [0, 0.05) is 94.4 Å². The molecule has 7 N–H and O–H groups in total. The minimum Gasteiger partial charge on any atom is -0.444 e. The molecule has 0 aliphatic carbocycles. The predicted octanol–water partition coefficient (Wildman–Crippen LogP) is 13.3. The molecule has 2 saturated heterocycles. The minimum absolute atomic E-state index is 0.0474. The van der Waals surface area contributed by atoms with E-state index in [-0.39, 0.29) is 29.7 Å². The van der Waals surface area contributed by atoms with Crippen LogP contribution in [0.3, 0.4) is 0 Å². The smallest absolute Gasteiger partial charge is 0.444 e. The molecular weight excluding hydrogens is 1060 g/mol. The van der Waals surface area contributed by atoms with Crippen LogP contribution in [-0.4, -0.2) is 97.0 Å². The van der Waals surface area contributed by atoms with Gasteiger partial charge in [-0.15, -0.1) is 0 Å². The van der Waals surface area contributed by atoms with Gasteiger partial charge in [-0.25, -0.2) is 24.7 Å². The van der Waals surface area contributed by atoms with Gasteiger partial charge in [0.1, 0.15) is 5.60 Å². The number of fused-ring (bicyclic) bond motifs is 2. The molecule has 0 saturated carbocycles. The summed E-state index contributed by atoms with van der Waals surface area (Å²) in [6.07, 6.45) is 3.80. The molecule has 3 amide bonds. The summed E-state index contributed by atoms with van der Waals surface area (Å²) >= 11 is 12.9. The van der Waals surface area contributed by atoms with E-state index in [9.17, 15) is 27.6 Å². The average molecular weight is 1120 g/mol. The number of rotatable bonds is 10.